The van der Waals surface area contributed by atoms with Gasteiger partial charge < -0.3 is 10.2 Å². The molecular weight excluding hydrogens is 228 g/mol. The van der Waals surface area contributed by atoms with E-state index in [4.69, 9.17) is 10.2 Å². The van der Waals surface area contributed by atoms with Crippen molar-refractivity contribution in [1.29, 1.82) is 0 Å². The Kier molecular flexibility index (Phi) is 8.42. The van der Waals surface area contributed by atoms with Gasteiger partial charge in [-0.1, -0.05) is 0 Å². The average molecular weight is 236 g/mol. The van der Waals surface area contributed by atoms with Crippen LogP contribution in [0.25, 0.3) is 0 Å². The summed E-state index contributed by atoms with van der Waals surface area (Å²) < 4.78 is 0. The van der Waals surface area contributed by atoms with E-state index in [1.165, 1.54) is 0 Å². The SMILES string of the molecule is O=C(O)CCC(=O)C(=O)O.[SrH2]. The van der Waals surface area contributed by atoms with Gasteiger partial charge in [-0.3, -0.25) is 9.59 Å². The van der Waals surface area contributed by atoms with E-state index in [0.29, 0.717) is 0 Å². The fourth-order valence-corrected chi connectivity index (χ4v) is 0.327. The maximum absolute atomic E-state index is 10.2. The topological polar surface area (TPSA) is 91.7 Å². The molecular formula is C5H8O5Sr. The first-order valence-electron chi connectivity index (χ1n) is 2.52. The van der Waals surface area contributed by atoms with E-state index < -0.39 is 30.6 Å². The fourth-order valence-electron chi connectivity index (χ4n) is 0.327. The molecule has 0 aliphatic carbocycles. The van der Waals surface area contributed by atoms with Gasteiger partial charge in [0.25, 0.3) is 0 Å². The number of hydrogen-bond acceptors (Lipinski definition) is 3. The van der Waals surface area contributed by atoms with Gasteiger partial charge in [0.1, 0.15) is 0 Å². The Labute approximate surface area is 99.7 Å². The van der Waals surface area contributed by atoms with Crippen LogP contribution in [-0.2, 0) is 14.4 Å². The van der Waals surface area contributed by atoms with Gasteiger partial charge in [0, 0.05) is 6.42 Å². The third-order valence-electron chi connectivity index (χ3n) is 0.804. The third-order valence-corrected chi connectivity index (χ3v) is 0.804. The zero-order valence-corrected chi connectivity index (χ0v) is 5.03. The Morgan fingerprint density at radius 2 is 1.45 bits per heavy atom. The summed E-state index contributed by atoms with van der Waals surface area (Å²) in [5.74, 6) is -3.82. The summed E-state index contributed by atoms with van der Waals surface area (Å²) in [6.07, 6.45) is -0.865. The molecule has 0 bridgehead atoms. The molecule has 0 fully saturated rings. The van der Waals surface area contributed by atoms with Crippen molar-refractivity contribution < 1.29 is 24.6 Å². The number of aliphatic carboxylic acids is 2. The maximum atomic E-state index is 10.2. The average Bonchev–Trinajstić information content (AvgIpc) is 1.82. The Bertz CT molecular complexity index is 176. The molecule has 0 aromatic heterocycles. The van der Waals surface area contributed by atoms with Crippen molar-refractivity contribution in [3.8, 4) is 0 Å². The molecule has 11 heavy (non-hydrogen) atoms. The van der Waals surface area contributed by atoms with Gasteiger partial charge in [0.15, 0.2) is 0 Å². The molecule has 0 unspecified atom stereocenters. The molecule has 0 atom stereocenters. The second-order valence-corrected chi connectivity index (χ2v) is 1.62. The minimum absolute atomic E-state index is 0. The molecule has 0 heterocycles. The number of carbonyl (C=O) groups excluding carboxylic acids is 1. The molecule has 0 aliphatic rings. The molecule has 0 aromatic rings. The zero-order chi connectivity index (χ0) is 8.15. The van der Waals surface area contributed by atoms with Crippen LogP contribution in [0.5, 0.6) is 0 Å². The second-order valence-electron chi connectivity index (χ2n) is 1.62. The molecule has 0 saturated carbocycles. The van der Waals surface area contributed by atoms with Gasteiger partial charge in [-0.15, -0.1) is 0 Å². The molecule has 0 spiro atoms. The summed E-state index contributed by atoms with van der Waals surface area (Å²) in [7, 11) is 0. The van der Waals surface area contributed by atoms with Crippen LogP contribution in [0.15, 0.2) is 0 Å². The second kappa shape index (κ2) is 6.78. The number of carbonyl (C=O) groups is 3. The number of rotatable bonds is 4. The predicted molar refractivity (Wildman–Crippen MR) is 38.1 cm³/mol. The molecule has 0 aromatic carbocycles. The van der Waals surface area contributed by atoms with Crippen molar-refractivity contribution in [1.82, 2.24) is 0 Å². The Morgan fingerprint density at radius 1 is 1.00 bits per heavy atom. The predicted octanol–water partition coefficient (Wildman–Crippen LogP) is -1.41. The molecule has 60 valence electrons. The Hall–Kier alpha value is 0.0905. The van der Waals surface area contributed by atoms with E-state index in [1.54, 1.807) is 0 Å². The number of ketones is 1. The van der Waals surface area contributed by atoms with Crippen molar-refractivity contribution in [2.24, 2.45) is 0 Å². The Morgan fingerprint density at radius 3 is 1.73 bits per heavy atom. The van der Waals surface area contributed by atoms with Crippen molar-refractivity contribution in [2.45, 2.75) is 12.8 Å². The number of Topliss-reactive ketones (excluding diaryl/α,β-unsaturated/α-hetero) is 1. The number of hydrogen-bond donors (Lipinski definition) is 2. The van der Waals surface area contributed by atoms with Gasteiger partial charge in [-0.05, 0) is 0 Å². The molecule has 0 rings (SSSR count). The van der Waals surface area contributed by atoms with Gasteiger partial charge >= 0.3 is 57.4 Å². The van der Waals surface area contributed by atoms with Crippen LogP contribution >= 0.6 is 0 Å². The molecule has 0 aliphatic heterocycles. The van der Waals surface area contributed by atoms with E-state index in [0.717, 1.165) is 0 Å². The van der Waals surface area contributed by atoms with Crippen LogP contribution in [-0.4, -0.2) is 73.4 Å². The summed E-state index contributed by atoms with van der Waals surface area (Å²) in [4.78, 5) is 29.7. The molecule has 6 heteroatoms. The first-order valence-corrected chi connectivity index (χ1v) is 2.52. The van der Waals surface area contributed by atoms with E-state index in [9.17, 15) is 14.4 Å². The molecule has 0 saturated heterocycles. The Balaban J connectivity index is 0. The van der Waals surface area contributed by atoms with E-state index in [2.05, 4.69) is 0 Å². The molecule has 0 radical (unpaired) electrons. The van der Waals surface area contributed by atoms with Gasteiger partial charge in [-0.2, -0.15) is 0 Å². The molecule has 5 nitrogen and oxygen atoms in total. The van der Waals surface area contributed by atoms with Crippen LogP contribution < -0.4 is 0 Å². The van der Waals surface area contributed by atoms with Gasteiger partial charge in [-0.25, -0.2) is 4.79 Å². The number of carboxylic acid groups (broad SMARTS) is 2. The standard InChI is InChI=1S/C5H6O5.Sr.2H/c6-3(5(9)10)1-2-4(7)8;;;/h1-2H2,(H,7,8)(H,9,10);;;. The monoisotopic (exact) mass is 236 g/mol. The van der Waals surface area contributed by atoms with Crippen LogP contribution in [0.4, 0.5) is 0 Å². The van der Waals surface area contributed by atoms with Crippen molar-refractivity contribution >= 4 is 63.2 Å². The summed E-state index contributed by atoms with van der Waals surface area (Å²) in [6.45, 7) is 0. The summed E-state index contributed by atoms with van der Waals surface area (Å²) in [5.41, 5.74) is 0. The van der Waals surface area contributed by atoms with E-state index >= 15 is 0 Å². The van der Waals surface area contributed by atoms with Gasteiger partial charge in [0.05, 0.1) is 6.42 Å². The fraction of sp³-hybridized carbons (Fsp3) is 0.400. The summed E-state index contributed by atoms with van der Waals surface area (Å²) in [6, 6.07) is 0. The van der Waals surface area contributed by atoms with Gasteiger partial charge in [0.2, 0.25) is 5.78 Å². The van der Waals surface area contributed by atoms with Crippen molar-refractivity contribution in [3.63, 3.8) is 0 Å². The first kappa shape index (κ1) is 13.7. The van der Waals surface area contributed by atoms with Crippen LogP contribution in [0.3, 0.4) is 0 Å². The zero-order valence-electron chi connectivity index (χ0n) is 5.03. The van der Waals surface area contributed by atoms with Crippen molar-refractivity contribution in [3.05, 3.63) is 0 Å². The number of carboxylic acids is 2. The summed E-state index contributed by atoms with van der Waals surface area (Å²) in [5, 5.41) is 16.0. The molecule has 0 amide bonds. The minimum atomic E-state index is -1.58. The third kappa shape index (κ3) is 7.99. The van der Waals surface area contributed by atoms with Crippen LogP contribution in [0, 0.1) is 0 Å². The van der Waals surface area contributed by atoms with E-state index in [-0.39, 0.29) is 45.5 Å². The van der Waals surface area contributed by atoms with Crippen molar-refractivity contribution in [2.75, 3.05) is 0 Å². The molecule has 2 N–H and O–H groups in total. The summed E-state index contributed by atoms with van der Waals surface area (Å²) >= 11 is 0. The van der Waals surface area contributed by atoms with E-state index in [1.807, 2.05) is 0 Å². The van der Waals surface area contributed by atoms with Crippen LogP contribution in [0.1, 0.15) is 12.8 Å². The quantitative estimate of drug-likeness (QED) is 0.462. The normalized spacial score (nSPS) is 8.00. The first-order chi connectivity index (χ1) is 4.54. The van der Waals surface area contributed by atoms with Crippen LogP contribution in [0.2, 0.25) is 0 Å².